The van der Waals surface area contributed by atoms with Crippen LogP contribution in [-0.4, -0.2) is 11.6 Å². The van der Waals surface area contributed by atoms with Gasteiger partial charge in [0.15, 0.2) is 0 Å². The molecule has 0 spiro atoms. The number of nitrogens with zero attached hydrogens (tertiary/aromatic N) is 1. The number of fused-ring (bicyclic) bond motifs is 1. The molecule has 2 aromatic rings. The van der Waals surface area contributed by atoms with E-state index in [9.17, 15) is 8.78 Å². The van der Waals surface area contributed by atoms with Crippen molar-refractivity contribution in [2.75, 3.05) is 0 Å². The van der Waals surface area contributed by atoms with E-state index in [2.05, 4.69) is 9.72 Å². The van der Waals surface area contributed by atoms with E-state index in [1.54, 1.807) is 25.3 Å². The van der Waals surface area contributed by atoms with Gasteiger partial charge in [-0.1, -0.05) is 17.7 Å². The lowest BCUT2D eigenvalue weighted by Crippen LogP contribution is -2.04. The fourth-order valence-electron chi connectivity index (χ4n) is 1.57. The van der Waals surface area contributed by atoms with Gasteiger partial charge in [-0.05, 0) is 19.1 Å². The van der Waals surface area contributed by atoms with Crippen LogP contribution in [0.5, 0.6) is 5.75 Å². The summed E-state index contributed by atoms with van der Waals surface area (Å²) in [4.78, 5) is 4.11. The zero-order valence-electron chi connectivity index (χ0n) is 8.38. The maximum absolute atomic E-state index is 12.2. The Morgan fingerprint density at radius 1 is 1.44 bits per heavy atom. The normalized spacial score (nSPS) is 11.1. The number of benzene rings is 1. The van der Waals surface area contributed by atoms with E-state index in [-0.39, 0.29) is 10.8 Å². The van der Waals surface area contributed by atoms with Crippen LogP contribution in [0.25, 0.3) is 10.9 Å². The Bertz CT molecular complexity index is 531. The summed E-state index contributed by atoms with van der Waals surface area (Å²) in [6.45, 7) is -1.24. The summed E-state index contributed by atoms with van der Waals surface area (Å²) in [5.74, 6) is -0.0112. The summed E-state index contributed by atoms with van der Waals surface area (Å²) in [7, 11) is 0. The summed E-state index contributed by atoms with van der Waals surface area (Å²) < 4.78 is 28.7. The first-order chi connectivity index (χ1) is 7.59. The molecule has 84 valence electrons. The average Bonchev–Trinajstić information content (AvgIpc) is 2.24. The standard InChI is InChI=1S/C11H8ClF2NO/c1-6-9-7(3-2-4-15-9)5-8(12)10(6)16-11(13)14/h2-5,11H,1H3. The molecule has 0 aliphatic heterocycles. The van der Waals surface area contributed by atoms with E-state index in [0.717, 1.165) is 5.39 Å². The Labute approximate surface area is 95.8 Å². The van der Waals surface area contributed by atoms with E-state index < -0.39 is 6.61 Å². The van der Waals surface area contributed by atoms with Crippen LogP contribution in [0.1, 0.15) is 5.56 Å². The van der Waals surface area contributed by atoms with Crippen molar-refractivity contribution in [2.24, 2.45) is 0 Å². The molecule has 0 aliphatic rings. The Kier molecular flexibility index (Phi) is 2.92. The predicted octanol–water partition coefficient (Wildman–Crippen LogP) is 3.80. The van der Waals surface area contributed by atoms with Crippen LogP contribution in [0.3, 0.4) is 0 Å². The average molecular weight is 244 g/mol. The molecule has 0 saturated heterocycles. The summed E-state index contributed by atoms with van der Waals surface area (Å²) in [5, 5.41) is 0.963. The molecule has 0 atom stereocenters. The molecule has 2 nitrogen and oxygen atoms in total. The highest BCUT2D eigenvalue weighted by molar-refractivity contribution is 6.33. The SMILES string of the molecule is Cc1c(OC(F)F)c(Cl)cc2cccnc12. The Balaban J connectivity index is 2.65. The molecule has 1 heterocycles. The minimum Gasteiger partial charge on any atom is -0.433 e. The number of pyridine rings is 1. The third-order valence-electron chi connectivity index (χ3n) is 2.24. The van der Waals surface area contributed by atoms with Gasteiger partial charge in [-0.25, -0.2) is 0 Å². The van der Waals surface area contributed by atoms with E-state index in [1.165, 1.54) is 0 Å². The molecule has 0 amide bonds. The number of aryl methyl sites for hydroxylation is 1. The molecule has 1 aromatic heterocycles. The van der Waals surface area contributed by atoms with Crippen LogP contribution in [0.2, 0.25) is 5.02 Å². The topological polar surface area (TPSA) is 22.1 Å². The van der Waals surface area contributed by atoms with Crippen LogP contribution >= 0.6 is 11.6 Å². The van der Waals surface area contributed by atoms with Crippen molar-refractivity contribution in [1.82, 2.24) is 4.98 Å². The fraction of sp³-hybridized carbons (Fsp3) is 0.182. The van der Waals surface area contributed by atoms with E-state index in [4.69, 9.17) is 11.6 Å². The zero-order valence-corrected chi connectivity index (χ0v) is 9.13. The van der Waals surface area contributed by atoms with Crippen LogP contribution in [0.15, 0.2) is 24.4 Å². The second-order valence-electron chi connectivity index (χ2n) is 3.27. The first-order valence-corrected chi connectivity index (χ1v) is 4.96. The van der Waals surface area contributed by atoms with Gasteiger partial charge in [0.2, 0.25) is 0 Å². The third-order valence-corrected chi connectivity index (χ3v) is 2.52. The smallest absolute Gasteiger partial charge is 0.387 e. The number of ether oxygens (including phenoxy) is 1. The zero-order chi connectivity index (χ0) is 11.7. The number of halogens is 3. The second kappa shape index (κ2) is 4.22. The highest BCUT2D eigenvalue weighted by atomic mass is 35.5. The molecular formula is C11H8ClF2NO. The number of hydrogen-bond acceptors (Lipinski definition) is 2. The van der Waals surface area contributed by atoms with Gasteiger partial charge in [0.25, 0.3) is 0 Å². The van der Waals surface area contributed by atoms with Crippen molar-refractivity contribution in [3.05, 3.63) is 35.0 Å². The van der Waals surface area contributed by atoms with Crippen LogP contribution < -0.4 is 4.74 Å². The molecule has 0 bridgehead atoms. The summed E-state index contributed by atoms with van der Waals surface area (Å²) in [5.41, 5.74) is 1.13. The minimum atomic E-state index is -2.89. The highest BCUT2D eigenvalue weighted by Gasteiger charge is 2.14. The fourth-order valence-corrected chi connectivity index (χ4v) is 1.87. The summed E-state index contributed by atoms with van der Waals surface area (Å²) in [6, 6.07) is 5.13. The van der Waals surface area contributed by atoms with Gasteiger partial charge in [-0.2, -0.15) is 8.78 Å². The van der Waals surface area contributed by atoms with Gasteiger partial charge in [0, 0.05) is 17.1 Å². The Hall–Kier alpha value is -1.42. The van der Waals surface area contributed by atoms with Crippen molar-refractivity contribution in [2.45, 2.75) is 13.5 Å². The van der Waals surface area contributed by atoms with Crippen molar-refractivity contribution in [3.63, 3.8) is 0 Å². The quantitative estimate of drug-likeness (QED) is 0.800. The third kappa shape index (κ3) is 1.93. The van der Waals surface area contributed by atoms with Gasteiger partial charge in [-0.15, -0.1) is 0 Å². The van der Waals surface area contributed by atoms with Crippen molar-refractivity contribution < 1.29 is 13.5 Å². The van der Waals surface area contributed by atoms with Crippen LogP contribution in [0, 0.1) is 6.92 Å². The van der Waals surface area contributed by atoms with E-state index >= 15 is 0 Å². The second-order valence-corrected chi connectivity index (χ2v) is 3.67. The molecular weight excluding hydrogens is 236 g/mol. The van der Waals surface area contributed by atoms with Gasteiger partial charge >= 0.3 is 6.61 Å². The summed E-state index contributed by atoms with van der Waals surface area (Å²) >= 11 is 5.87. The highest BCUT2D eigenvalue weighted by Crippen LogP contribution is 2.34. The first-order valence-electron chi connectivity index (χ1n) is 4.58. The lowest BCUT2D eigenvalue weighted by molar-refractivity contribution is -0.0501. The first kappa shape index (κ1) is 11.1. The maximum atomic E-state index is 12.2. The molecule has 0 N–H and O–H groups in total. The van der Waals surface area contributed by atoms with Crippen molar-refractivity contribution in [3.8, 4) is 5.75 Å². The summed E-state index contributed by atoms with van der Waals surface area (Å²) in [6.07, 6.45) is 1.59. The monoisotopic (exact) mass is 243 g/mol. The maximum Gasteiger partial charge on any atom is 0.387 e. The largest absolute Gasteiger partial charge is 0.433 e. The van der Waals surface area contributed by atoms with Gasteiger partial charge < -0.3 is 4.74 Å². The van der Waals surface area contributed by atoms with Crippen LogP contribution in [0.4, 0.5) is 8.78 Å². The Morgan fingerprint density at radius 2 is 2.19 bits per heavy atom. The number of rotatable bonds is 2. The molecule has 1 aromatic carbocycles. The number of aromatic nitrogens is 1. The molecule has 2 rings (SSSR count). The van der Waals surface area contributed by atoms with Crippen molar-refractivity contribution in [1.29, 1.82) is 0 Å². The number of hydrogen-bond donors (Lipinski definition) is 0. The van der Waals surface area contributed by atoms with E-state index in [0.29, 0.717) is 11.1 Å². The molecule has 0 fully saturated rings. The lowest BCUT2D eigenvalue weighted by Gasteiger charge is -2.11. The molecule has 0 aliphatic carbocycles. The lowest BCUT2D eigenvalue weighted by atomic mass is 10.1. The number of alkyl halides is 2. The van der Waals surface area contributed by atoms with E-state index in [1.807, 2.05) is 6.07 Å². The van der Waals surface area contributed by atoms with Gasteiger partial charge in [0.1, 0.15) is 5.75 Å². The Morgan fingerprint density at radius 3 is 2.88 bits per heavy atom. The molecule has 0 radical (unpaired) electrons. The molecule has 16 heavy (non-hydrogen) atoms. The molecule has 0 saturated carbocycles. The molecule has 5 heteroatoms. The minimum absolute atomic E-state index is 0.0112. The van der Waals surface area contributed by atoms with Gasteiger partial charge in [0.05, 0.1) is 10.5 Å². The molecule has 0 unspecified atom stereocenters. The van der Waals surface area contributed by atoms with Crippen LogP contribution in [-0.2, 0) is 0 Å². The predicted molar refractivity (Wildman–Crippen MR) is 58.1 cm³/mol. The van der Waals surface area contributed by atoms with Crippen molar-refractivity contribution >= 4 is 22.5 Å². The van der Waals surface area contributed by atoms with Gasteiger partial charge in [-0.3, -0.25) is 4.98 Å².